The Morgan fingerprint density at radius 3 is 2.50 bits per heavy atom. The molecule has 2 aromatic rings. The molecule has 1 unspecified atom stereocenters. The lowest BCUT2D eigenvalue weighted by Crippen LogP contribution is -2.27. The van der Waals surface area contributed by atoms with Gasteiger partial charge in [0.15, 0.2) is 6.61 Å². The molecule has 30 heavy (non-hydrogen) atoms. The fraction of sp³-hybridized carbons (Fsp3) is 0.400. The molecule has 162 valence electrons. The minimum absolute atomic E-state index is 0.0157. The maximum atomic E-state index is 12.5. The Morgan fingerprint density at radius 2 is 1.90 bits per heavy atom. The fourth-order valence-corrected chi connectivity index (χ4v) is 2.62. The molecule has 0 radical (unpaired) electrons. The number of rotatable bonds is 8. The van der Waals surface area contributed by atoms with Crippen LogP contribution in [0.3, 0.4) is 0 Å². The van der Waals surface area contributed by atoms with Gasteiger partial charge in [0, 0.05) is 36.0 Å². The number of alkyl halides is 3. The smallest absolute Gasteiger partial charge is 0.422 e. The zero-order valence-corrected chi connectivity index (χ0v) is 17.3. The number of carbonyl (C=O) groups is 2. The average molecular weight is 444 g/mol. The summed E-state index contributed by atoms with van der Waals surface area (Å²) >= 11 is 5.94. The van der Waals surface area contributed by atoms with Crippen molar-refractivity contribution in [2.45, 2.75) is 39.4 Å². The highest BCUT2D eigenvalue weighted by molar-refractivity contribution is 6.31. The molecule has 0 fully saturated rings. The summed E-state index contributed by atoms with van der Waals surface area (Å²) in [7, 11) is 0. The number of ether oxygens (including phenoxy) is 1. The van der Waals surface area contributed by atoms with Crippen molar-refractivity contribution < 1.29 is 27.5 Å². The summed E-state index contributed by atoms with van der Waals surface area (Å²) in [5.74, 6) is -0.867. The third-order valence-corrected chi connectivity index (χ3v) is 4.40. The molecule has 2 heterocycles. The van der Waals surface area contributed by atoms with Crippen LogP contribution in [0.15, 0.2) is 30.6 Å². The van der Waals surface area contributed by atoms with E-state index in [0.29, 0.717) is 16.8 Å². The molecule has 0 saturated heterocycles. The molecule has 0 aliphatic heterocycles. The lowest BCUT2D eigenvalue weighted by Gasteiger charge is -2.16. The van der Waals surface area contributed by atoms with Crippen LogP contribution in [0.4, 0.5) is 13.2 Å². The summed E-state index contributed by atoms with van der Waals surface area (Å²) in [5, 5.41) is 2.65. The topological polar surface area (TPSA) is 81.2 Å². The minimum atomic E-state index is -4.51. The van der Waals surface area contributed by atoms with Gasteiger partial charge >= 0.3 is 6.18 Å². The highest BCUT2D eigenvalue weighted by atomic mass is 35.5. The van der Waals surface area contributed by atoms with Crippen LogP contribution < -0.4 is 10.1 Å². The van der Waals surface area contributed by atoms with Crippen molar-refractivity contribution in [2.24, 2.45) is 5.92 Å². The standard InChI is InChI=1S/C20H21ClF3N3O3/c1-11(2)17(28)8-15-6-13(4-5-25-15)18(29)27-12(3)14-7-16(21)19(26-9-14)30-10-20(22,23)24/h4-7,9,11-12H,8,10H2,1-3H3,(H,27,29). The Morgan fingerprint density at radius 1 is 1.20 bits per heavy atom. The van der Waals surface area contributed by atoms with Crippen molar-refractivity contribution in [2.75, 3.05) is 6.61 Å². The number of aromatic nitrogens is 2. The van der Waals surface area contributed by atoms with E-state index in [-0.39, 0.29) is 29.0 Å². The number of carbonyl (C=O) groups excluding carboxylic acids is 2. The molecule has 0 aliphatic rings. The highest BCUT2D eigenvalue weighted by Gasteiger charge is 2.29. The van der Waals surface area contributed by atoms with Gasteiger partial charge in [0.1, 0.15) is 10.8 Å². The largest absolute Gasteiger partial charge is 0.467 e. The van der Waals surface area contributed by atoms with E-state index in [4.69, 9.17) is 11.6 Å². The van der Waals surface area contributed by atoms with E-state index in [1.807, 2.05) is 0 Å². The predicted molar refractivity (Wildman–Crippen MR) is 104 cm³/mol. The molecule has 10 heteroatoms. The number of halogens is 4. The van der Waals surface area contributed by atoms with Gasteiger partial charge in [-0.25, -0.2) is 4.98 Å². The number of pyridine rings is 2. The zero-order valence-electron chi connectivity index (χ0n) is 16.6. The highest BCUT2D eigenvalue weighted by Crippen LogP contribution is 2.27. The minimum Gasteiger partial charge on any atom is -0.467 e. The van der Waals surface area contributed by atoms with Crippen LogP contribution in [0, 0.1) is 5.92 Å². The van der Waals surface area contributed by atoms with Crippen LogP contribution in [0.1, 0.15) is 48.4 Å². The Kier molecular flexibility index (Phi) is 7.77. The SMILES string of the molecule is CC(C)C(=O)Cc1cc(C(=O)NC(C)c2cnc(OCC(F)(F)F)c(Cl)c2)ccn1. The third kappa shape index (κ3) is 6.98. The molecule has 0 aliphatic carbocycles. The van der Waals surface area contributed by atoms with E-state index in [1.54, 1.807) is 26.8 Å². The lowest BCUT2D eigenvalue weighted by atomic mass is 10.0. The molecule has 0 bridgehead atoms. The van der Waals surface area contributed by atoms with Crippen LogP contribution in [0.25, 0.3) is 0 Å². The van der Waals surface area contributed by atoms with Gasteiger partial charge in [-0.15, -0.1) is 0 Å². The van der Waals surface area contributed by atoms with E-state index in [2.05, 4.69) is 20.0 Å². The van der Waals surface area contributed by atoms with E-state index in [0.717, 1.165) is 0 Å². The first-order chi connectivity index (χ1) is 14.0. The van der Waals surface area contributed by atoms with E-state index in [9.17, 15) is 22.8 Å². The third-order valence-electron chi connectivity index (χ3n) is 4.13. The maximum Gasteiger partial charge on any atom is 0.422 e. The molecule has 1 atom stereocenters. The van der Waals surface area contributed by atoms with Gasteiger partial charge < -0.3 is 10.1 Å². The van der Waals surface area contributed by atoms with Gasteiger partial charge in [0.2, 0.25) is 5.88 Å². The molecule has 2 aromatic heterocycles. The van der Waals surface area contributed by atoms with Gasteiger partial charge in [-0.3, -0.25) is 14.6 Å². The lowest BCUT2D eigenvalue weighted by molar-refractivity contribution is -0.154. The second kappa shape index (κ2) is 9.88. The van der Waals surface area contributed by atoms with Crippen LogP contribution >= 0.6 is 11.6 Å². The van der Waals surface area contributed by atoms with Crippen molar-refractivity contribution in [3.63, 3.8) is 0 Å². The molecule has 6 nitrogen and oxygen atoms in total. The molecular weight excluding hydrogens is 423 g/mol. The molecule has 1 amide bonds. The van der Waals surface area contributed by atoms with Gasteiger partial charge in [0.05, 0.1) is 6.04 Å². The fourth-order valence-electron chi connectivity index (χ4n) is 2.40. The van der Waals surface area contributed by atoms with Crippen molar-refractivity contribution >= 4 is 23.3 Å². The number of nitrogens with one attached hydrogen (secondary N) is 1. The van der Waals surface area contributed by atoms with Crippen molar-refractivity contribution in [1.82, 2.24) is 15.3 Å². The second-order valence-corrected chi connectivity index (χ2v) is 7.40. The number of nitrogens with zero attached hydrogens (tertiary/aromatic N) is 2. The number of hydrogen-bond donors (Lipinski definition) is 1. The molecule has 0 aromatic carbocycles. The van der Waals surface area contributed by atoms with Crippen molar-refractivity contribution in [1.29, 1.82) is 0 Å². The normalized spacial score (nSPS) is 12.5. The zero-order chi connectivity index (χ0) is 22.5. The van der Waals surface area contributed by atoms with Crippen molar-refractivity contribution in [3.8, 4) is 5.88 Å². The maximum absolute atomic E-state index is 12.5. The van der Waals surface area contributed by atoms with Gasteiger partial charge in [-0.05, 0) is 30.7 Å². The Hall–Kier alpha value is -2.68. The summed E-state index contributed by atoms with van der Waals surface area (Å²) in [6.07, 6.45) is -1.64. The van der Waals surface area contributed by atoms with Gasteiger partial charge in [0.25, 0.3) is 5.91 Å². The number of ketones is 1. The first kappa shape index (κ1) is 23.6. The molecule has 0 saturated carbocycles. The summed E-state index contributed by atoms with van der Waals surface area (Å²) in [4.78, 5) is 32.3. The number of amides is 1. The quantitative estimate of drug-likeness (QED) is 0.656. The first-order valence-electron chi connectivity index (χ1n) is 9.09. The predicted octanol–water partition coefficient (Wildman–Crippen LogP) is 4.33. The van der Waals surface area contributed by atoms with Gasteiger partial charge in [-0.2, -0.15) is 13.2 Å². The molecule has 1 N–H and O–H groups in total. The summed E-state index contributed by atoms with van der Waals surface area (Å²) in [6.45, 7) is 3.75. The number of Topliss-reactive ketones (excluding diaryl/α,β-unsaturated/α-hetero) is 1. The second-order valence-electron chi connectivity index (χ2n) is 6.99. The summed E-state index contributed by atoms with van der Waals surface area (Å²) in [5.41, 5.74) is 1.30. The Balaban J connectivity index is 2.05. The van der Waals surface area contributed by atoms with Crippen LogP contribution in [0.2, 0.25) is 5.02 Å². The summed E-state index contributed by atoms with van der Waals surface area (Å²) < 4.78 is 41.3. The van der Waals surface area contributed by atoms with Gasteiger partial charge in [-0.1, -0.05) is 25.4 Å². The Bertz CT molecular complexity index is 920. The van der Waals surface area contributed by atoms with Crippen LogP contribution in [-0.2, 0) is 11.2 Å². The average Bonchev–Trinajstić information content (AvgIpc) is 2.66. The number of hydrogen-bond acceptors (Lipinski definition) is 5. The van der Waals surface area contributed by atoms with Crippen molar-refractivity contribution in [3.05, 3.63) is 52.4 Å². The van der Waals surface area contributed by atoms with E-state index in [1.165, 1.54) is 24.5 Å². The van der Waals surface area contributed by atoms with E-state index < -0.39 is 24.7 Å². The van der Waals surface area contributed by atoms with Crippen LogP contribution in [0.5, 0.6) is 5.88 Å². The van der Waals surface area contributed by atoms with E-state index >= 15 is 0 Å². The Labute approximate surface area is 176 Å². The molecule has 2 rings (SSSR count). The first-order valence-corrected chi connectivity index (χ1v) is 9.47. The molecular formula is C20H21ClF3N3O3. The summed E-state index contributed by atoms with van der Waals surface area (Å²) in [6, 6.07) is 3.91. The monoisotopic (exact) mass is 443 g/mol. The van der Waals surface area contributed by atoms with Crippen LogP contribution in [-0.4, -0.2) is 34.4 Å². The molecule has 0 spiro atoms.